The van der Waals surface area contributed by atoms with Crippen LogP contribution in [0.4, 0.5) is 17.6 Å². The molecule has 4 rings (SSSR count). The van der Waals surface area contributed by atoms with E-state index < -0.39 is 48.3 Å². The highest BCUT2D eigenvalue weighted by molar-refractivity contribution is 5.78. The minimum Gasteiger partial charge on any atom is -0.481 e. The smallest absolute Gasteiger partial charge is 0.258 e. The van der Waals surface area contributed by atoms with Gasteiger partial charge in [0.25, 0.3) is 11.8 Å². The molecule has 10 heteroatoms. The Kier molecular flexibility index (Phi) is 9.35. The maximum absolute atomic E-state index is 14.6. The number of carbonyl (C=O) groups is 2. The van der Waals surface area contributed by atoms with Gasteiger partial charge in [0.1, 0.15) is 11.6 Å². The molecule has 4 aromatic rings. The van der Waals surface area contributed by atoms with E-state index in [1.54, 1.807) is 12.1 Å². The van der Waals surface area contributed by atoms with Crippen molar-refractivity contribution < 1.29 is 36.6 Å². The molecule has 0 aliphatic rings. The van der Waals surface area contributed by atoms with E-state index in [4.69, 9.17) is 9.47 Å². The molecule has 0 fully saturated rings. The van der Waals surface area contributed by atoms with E-state index in [1.165, 1.54) is 60.7 Å². The maximum Gasteiger partial charge on any atom is 0.258 e. The van der Waals surface area contributed by atoms with E-state index in [0.717, 1.165) is 12.1 Å². The van der Waals surface area contributed by atoms with Crippen LogP contribution >= 0.6 is 0 Å². The van der Waals surface area contributed by atoms with E-state index >= 15 is 0 Å². The summed E-state index contributed by atoms with van der Waals surface area (Å²) in [4.78, 5) is 24.0. The predicted molar refractivity (Wildman–Crippen MR) is 139 cm³/mol. The molecule has 2 amide bonds. The Labute approximate surface area is 227 Å². The molecule has 0 saturated heterocycles. The summed E-state index contributed by atoms with van der Waals surface area (Å²) >= 11 is 0. The van der Waals surface area contributed by atoms with Crippen LogP contribution in [0.25, 0.3) is 11.1 Å². The summed E-state index contributed by atoms with van der Waals surface area (Å²) in [7, 11) is 0. The molecule has 0 atom stereocenters. The highest BCUT2D eigenvalue weighted by Gasteiger charge is 2.12. The fourth-order valence-corrected chi connectivity index (χ4v) is 3.68. The summed E-state index contributed by atoms with van der Waals surface area (Å²) in [5.41, 5.74) is 1.82. The molecule has 40 heavy (non-hydrogen) atoms. The molecule has 206 valence electrons. The van der Waals surface area contributed by atoms with Crippen LogP contribution in [0.15, 0.2) is 84.9 Å². The Morgan fingerprint density at radius 2 is 1.00 bits per heavy atom. The summed E-state index contributed by atoms with van der Waals surface area (Å²) in [5, 5.41) is 5.11. The van der Waals surface area contributed by atoms with Crippen LogP contribution in [0.2, 0.25) is 0 Å². The van der Waals surface area contributed by atoms with Gasteiger partial charge in [-0.05, 0) is 70.8 Å². The first kappa shape index (κ1) is 28.2. The second-order valence-corrected chi connectivity index (χ2v) is 8.68. The Hall–Kier alpha value is -4.86. The Bertz CT molecular complexity index is 1400. The third kappa shape index (κ3) is 8.07. The van der Waals surface area contributed by atoms with Gasteiger partial charge in [0.05, 0.1) is 0 Å². The van der Waals surface area contributed by atoms with Gasteiger partial charge < -0.3 is 20.1 Å². The molecule has 6 nitrogen and oxygen atoms in total. The third-order valence-corrected chi connectivity index (χ3v) is 5.67. The lowest BCUT2D eigenvalue weighted by atomic mass is 10.0. The highest BCUT2D eigenvalue weighted by atomic mass is 19.1. The molecule has 2 N–H and O–H groups in total. The minimum absolute atomic E-state index is 0.0895. The van der Waals surface area contributed by atoms with Gasteiger partial charge in [0.15, 0.2) is 36.3 Å². The van der Waals surface area contributed by atoms with Crippen molar-refractivity contribution in [1.82, 2.24) is 10.6 Å². The average Bonchev–Trinajstić information content (AvgIpc) is 2.93. The maximum atomic E-state index is 14.6. The van der Waals surface area contributed by atoms with E-state index in [9.17, 15) is 27.2 Å². The van der Waals surface area contributed by atoms with Crippen molar-refractivity contribution in [2.24, 2.45) is 0 Å². The first-order chi connectivity index (χ1) is 19.3. The number of benzene rings is 4. The van der Waals surface area contributed by atoms with Gasteiger partial charge in [-0.1, -0.05) is 36.4 Å². The first-order valence-electron chi connectivity index (χ1n) is 12.1. The lowest BCUT2D eigenvalue weighted by Gasteiger charge is -2.11. The summed E-state index contributed by atoms with van der Waals surface area (Å²) in [6.07, 6.45) is 0. The number of nitrogens with one attached hydrogen (secondary N) is 2. The number of carbonyl (C=O) groups excluding carboxylic acids is 2. The number of hydrogen-bond donors (Lipinski definition) is 2. The standard InChI is InChI=1S/C30H24F4N2O4/c31-23-5-1-3-19(11-23)15-35-29(37)17-39-27-9-7-21(13-25(27)33)22-8-10-28(26(34)14-22)40-18-30(38)36-16-20-4-2-6-24(32)12-20/h1-14H,15-18H2,(H,35,37)(H,36,38). The number of rotatable bonds is 11. The monoisotopic (exact) mass is 552 g/mol. The molecule has 0 aromatic heterocycles. The molecule has 0 radical (unpaired) electrons. The molecule has 0 unspecified atom stereocenters. The molecule has 4 aromatic carbocycles. The van der Waals surface area contributed by atoms with Crippen LogP contribution in [0.5, 0.6) is 11.5 Å². The normalized spacial score (nSPS) is 10.6. The third-order valence-electron chi connectivity index (χ3n) is 5.67. The Morgan fingerprint density at radius 1 is 0.575 bits per heavy atom. The quantitative estimate of drug-likeness (QED) is 0.248. The van der Waals surface area contributed by atoms with Crippen molar-refractivity contribution in [2.45, 2.75) is 13.1 Å². The number of amides is 2. The van der Waals surface area contributed by atoms with Crippen molar-refractivity contribution in [2.75, 3.05) is 13.2 Å². The zero-order valence-corrected chi connectivity index (χ0v) is 21.1. The minimum atomic E-state index is -0.758. The van der Waals surface area contributed by atoms with Crippen LogP contribution in [-0.4, -0.2) is 25.0 Å². The molecule has 0 aliphatic carbocycles. The number of ether oxygens (including phenoxy) is 2. The second-order valence-electron chi connectivity index (χ2n) is 8.68. The fraction of sp³-hybridized carbons (Fsp3) is 0.133. The lowest BCUT2D eigenvalue weighted by Crippen LogP contribution is -2.28. The van der Waals surface area contributed by atoms with Crippen LogP contribution in [0.3, 0.4) is 0 Å². The van der Waals surface area contributed by atoms with Gasteiger partial charge in [0.2, 0.25) is 0 Å². The van der Waals surface area contributed by atoms with Gasteiger partial charge in [0, 0.05) is 13.1 Å². The number of halogens is 4. The predicted octanol–water partition coefficient (Wildman–Crippen LogP) is 5.30. The lowest BCUT2D eigenvalue weighted by molar-refractivity contribution is -0.124. The number of hydrogen-bond acceptors (Lipinski definition) is 4. The van der Waals surface area contributed by atoms with Gasteiger partial charge in [-0.3, -0.25) is 9.59 Å². The second kappa shape index (κ2) is 13.3. The van der Waals surface area contributed by atoms with Crippen LogP contribution in [-0.2, 0) is 22.7 Å². The van der Waals surface area contributed by atoms with Crippen molar-refractivity contribution in [1.29, 1.82) is 0 Å². The van der Waals surface area contributed by atoms with Crippen molar-refractivity contribution in [3.63, 3.8) is 0 Å². The fourth-order valence-electron chi connectivity index (χ4n) is 3.68. The van der Waals surface area contributed by atoms with Crippen molar-refractivity contribution in [3.05, 3.63) is 119 Å². The zero-order chi connectivity index (χ0) is 28.5. The van der Waals surface area contributed by atoms with Crippen molar-refractivity contribution >= 4 is 11.8 Å². The summed E-state index contributed by atoms with van der Waals surface area (Å²) in [6.45, 7) is -0.734. The zero-order valence-electron chi connectivity index (χ0n) is 21.1. The van der Waals surface area contributed by atoms with Crippen molar-refractivity contribution in [3.8, 4) is 22.6 Å². The molecule has 0 saturated carbocycles. The summed E-state index contributed by atoms with van der Waals surface area (Å²) in [6, 6.07) is 19.4. The van der Waals surface area contributed by atoms with Crippen LogP contribution in [0, 0.1) is 23.3 Å². The average molecular weight is 553 g/mol. The van der Waals surface area contributed by atoms with E-state index in [0.29, 0.717) is 22.3 Å². The van der Waals surface area contributed by atoms with E-state index in [1.807, 2.05) is 0 Å². The van der Waals surface area contributed by atoms with Gasteiger partial charge in [-0.15, -0.1) is 0 Å². The highest BCUT2D eigenvalue weighted by Crippen LogP contribution is 2.29. The molecule has 0 aliphatic heterocycles. The Morgan fingerprint density at radius 3 is 1.38 bits per heavy atom. The van der Waals surface area contributed by atoms with E-state index in [-0.39, 0.29) is 24.6 Å². The van der Waals surface area contributed by atoms with E-state index in [2.05, 4.69) is 10.6 Å². The van der Waals surface area contributed by atoms with Crippen LogP contribution in [0.1, 0.15) is 11.1 Å². The molecule has 0 bridgehead atoms. The largest absolute Gasteiger partial charge is 0.481 e. The molecular weight excluding hydrogens is 528 g/mol. The molecular formula is C30H24F4N2O4. The molecule has 0 spiro atoms. The SMILES string of the molecule is O=C(COc1ccc(-c2ccc(OCC(=O)NCc3cccc(F)c3)c(F)c2)cc1F)NCc1cccc(F)c1. The topological polar surface area (TPSA) is 76.7 Å². The first-order valence-corrected chi connectivity index (χ1v) is 12.1. The summed E-state index contributed by atoms with van der Waals surface area (Å²) in [5.74, 6) is -3.75. The van der Waals surface area contributed by atoms with Crippen LogP contribution < -0.4 is 20.1 Å². The Balaban J connectivity index is 1.27. The van der Waals surface area contributed by atoms with Gasteiger partial charge in [-0.2, -0.15) is 0 Å². The van der Waals surface area contributed by atoms with Gasteiger partial charge >= 0.3 is 0 Å². The summed E-state index contributed by atoms with van der Waals surface area (Å²) < 4.78 is 66.1. The molecule has 0 heterocycles. The van der Waals surface area contributed by atoms with Gasteiger partial charge in [-0.25, -0.2) is 17.6 Å².